The number of hydrogen-bond acceptors (Lipinski definition) is 5. The minimum absolute atomic E-state index is 0.0409. The molecule has 1 heterocycles. The fraction of sp³-hybridized carbons (Fsp3) is 0. The Hall–Kier alpha value is -1.59. The van der Waals surface area contributed by atoms with Crippen LogP contribution in [0.1, 0.15) is 10.4 Å². The van der Waals surface area contributed by atoms with Crippen molar-refractivity contribution in [2.75, 3.05) is 0 Å². The molecule has 1 atom stereocenters. The molecule has 0 saturated heterocycles. The number of carbonyl (C=O) groups is 1. The van der Waals surface area contributed by atoms with E-state index in [0.717, 1.165) is 0 Å². The van der Waals surface area contributed by atoms with Crippen molar-refractivity contribution < 1.29 is 17.4 Å². The van der Waals surface area contributed by atoms with Gasteiger partial charge in [0.15, 0.2) is 0 Å². The van der Waals surface area contributed by atoms with Crippen LogP contribution in [-0.4, -0.2) is 25.1 Å². The minimum atomic E-state index is -3.01. The van der Waals surface area contributed by atoms with Crippen molar-refractivity contribution in [3.63, 3.8) is 0 Å². The molecule has 2 rings (SSSR count). The molecule has 1 aliphatic heterocycles. The first-order valence-corrected chi connectivity index (χ1v) is 5.78. The van der Waals surface area contributed by atoms with Gasteiger partial charge in [-0.3, -0.25) is 0 Å². The van der Waals surface area contributed by atoms with Crippen LogP contribution in [0.15, 0.2) is 18.2 Å². The van der Waals surface area contributed by atoms with Gasteiger partial charge in [-0.1, -0.05) is 0 Å². The summed E-state index contributed by atoms with van der Waals surface area (Å²) in [6.45, 7) is 0. The summed E-state index contributed by atoms with van der Waals surface area (Å²) in [4.78, 5) is 20.9. The molecule has 0 amide bonds. The quantitative estimate of drug-likeness (QED) is 0.399. The van der Waals surface area contributed by atoms with Gasteiger partial charge in [0.05, 0.1) is 0 Å². The number of benzene rings is 1. The first-order valence-electron chi connectivity index (χ1n) is 3.53. The fourth-order valence-electron chi connectivity index (χ4n) is 1.16. The van der Waals surface area contributed by atoms with Gasteiger partial charge in [0, 0.05) is 0 Å². The number of nitrogens with zero attached hydrogens (tertiary/aromatic N) is 1. The van der Waals surface area contributed by atoms with E-state index in [1.54, 1.807) is 0 Å². The maximum atomic E-state index is 11.3. The summed E-state index contributed by atoms with van der Waals surface area (Å²) in [6.07, 6.45) is 0. The van der Waals surface area contributed by atoms with Crippen LogP contribution in [0.5, 0.6) is 0 Å². The summed E-state index contributed by atoms with van der Waals surface area (Å²) in [7, 11) is 0. The summed E-state index contributed by atoms with van der Waals surface area (Å²) >= 11 is -3.01. The van der Waals surface area contributed by atoms with Gasteiger partial charge in [-0.15, -0.1) is 0 Å². The molecule has 1 aromatic rings. The molecule has 7 heteroatoms. The summed E-state index contributed by atoms with van der Waals surface area (Å²) in [6, 6.07) is 3.93. The van der Waals surface area contributed by atoms with Crippen molar-refractivity contribution in [3.05, 3.63) is 33.9 Å². The molecule has 0 saturated carbocycles. The van der Waals surface area contributed by atoms with E-state index >= 15 is 0 Å². The Morgan fingerprint density at radius 2 is 2.14 bits per heavy atom. The molecule has 0 radical (unpaired) electrons. The molecule has 14 heavy (non-hydrogen) atoms. The van der Waals surface area contributed by atoms with E-state index in [4.69, 9.17) is 0 Å². The molecular weight excluding hydrogens is 257 g/mol. The van der Waals surface area contributed by atoms with Gasteiger partial charge >= 0.3 is 81.5 Å². The molecule has 1 aliphatic rings. The average molecular weight is 260 g/mol. The number of fused-ring (bicyclic) bond motifs is 1. The SMILES string of the molecule is O=C1O[Se](=O)c2c1cccc2[N+](=O)[O-]. The zero-order valence-electron chi connectivity index (χ0n) is 6.63. The van der Waals surface area contributed by atoms with E-state index in [1.807, 2.05) is 0 Å². The van der Waals surface area contributed by atoms with Gasteiger partial charge in [0.25, 0.3) is 0 Å². The summed E-state index contributed by atoms with van der Waals surface area (Å²) < 4.78 is 15.7. The van der Waals surface area contributed by atoms with Crippen LogP contribution in [0.2, 0.25) is 0 Å². The normalized spacial score (nSPS) is 18.9. The molecule has 0 aliphatic carbocycles. The van der Waals surface area contributed by atoms with E-state index < -0.39 is 25.1 Å². The zero-order valence-corrected chi connectivity index (χ0v) is 8.34. The van der Waals surface area contributed by atoms with Crippen LogP contribution in [0.3, 0.4) is 0 Å². The number of rotatable bonds is 1. The molecule has 0 aromatic heterocycles. The van der Waals surface area contributed by atoms with Crippen LogP contribution >= 0.6 is 0 Å². The van der Waals surface area contributed by atoms with E-state index in [1.165, 1.54) is 18.2 Å². The molecule has 72 valence electrons. The van der Waals surface area contributed by atoms with Gasteiger partial charge < -0.3 is 0 Å². The molecule has 6 nitrogen and oxygen atoms in total. The zero-order chi connectivity index (χ0) is 10.3. The average Bonchev–Trinajstić information content (AvgIpc) is 2.43. The monoisotopic (exact) mass is 261 g/mol. The molecule has 1 aromatic carbocycles. The van der Waals surface area contributed by atoms with Gasteiger partial charge in [-0.05, 0) is 0 Å². The number of carbonyl (C=O) groups excluding carboxylic acids is 1. The van der Waals surface area contributed by atoms with Crippen molar-refractivity contribution in [2.24, 2.45) is 0 Å². The molecule has 0 fully saturated rings. The van der Waals surface area contributed by atoms with Crippen LogP contribution in [-0.2, 0) is 7.65 Å². The van der Waals surface area contributed by atoms with Crippen molar-refractivity contribution in [1.82, 2.24) is 0 Å². The third-order valence-corrected chi connectivity index (χ3v) is 3.96. The van der Waals surface area contributed by atoms with Crippen molar-refractivity contribution >= 4 is 30.3 Å². The predicted octanol–water partition coefficient (Wildman–Crippen LogP) is -0.109. The summed E-state index contributed by atoms with van der Waals surface area (Å²) in [5.41, 5.74) is -0.271. The fourth-order valence-corrected chi connectivity index (χ4v) is 3.16. The number of nitro groups is 1. The predicted molar refractivity (Wildman–Crippen MR) is 44.6 cm³/mol. The van der Waals surface area contributed by atoms with E-state index in [0.29, 0.717) is 0 Å². The third kappa shape index (κ3) is 1.14. The second-order valence-corrected chi connectivity index (χ2v) is 4.71. The van der Waals surface area contributed by atoms with Crippen LogP contribution in [0.4, 0.5) is 5.69 Å². The Morgan fingerprint density at radius 3 is 2.79 bits per heavy atom. The van der Waals surface area contributed by atoms with Crippen LogP contribution in [0, 0.1) is 10.1 Å². The first kappa shape index (κ1) is 8.98. The van der Waals surface area contributed by atoms with Gasteiger partial charge in [-0.2, -0.15) is 0 Å². The van der Waals surface area contributed by atoms with Gasteiger partial charge in [0.2, 0.25) is 0 Å². The number of hydrogen-bond donors (Lipinski definition) is 0. The standard InChI is InChI=1S/C7H3NO5Se/c9-7-4-2-1-3-5(8(10)11)6(4)14(12)13-7/h1-3H. The van der Waals surface area contributed by atoms with Crippen LogP contribution in [0.25, 0.3) is 0 Å². The molecule has 0 spiro atoms. The Bertz CT molecular complexity index is 469. The molecule has 0 N–H and O–H groups in total. The third-order valence-electron chi connectivity index (χ3n) is 1.73. The molecular formula is C7H3NO5Se. The second kappa shape index (κ2) is 2.97. The van der Waals surface area contributed by atoms with E-state index in [-0.39, 0.29) is 15.7 Å². The van der Waals surface area contributed by atoms with Gasteiger partial charge in [-0.25, -0.2) is 0 Å². The first-order chi connectivity index (χ1) is 6.61. The van der Waals surface area contributed by atoms with Crippen molar-refractivity contribution in [2.45, 2.75) is 0 Å². The summed E-state index contributed by atoms with van der Waals surface area (Å²) in [5, 5.41) is 10.5. The maximum absolute atomic E-state index is 11.3. The second-order valence-electron chi connectivity index (χ2n) is 2.52. The topological polar surface area (TPSA) is 86.5 Å². The Labute approximate surface area is 82.0 Å². The van der Waals surface area contributed by atoms with Crippen LogP contribution < -0.4 is 4.46 Å². The Balaban J connectivity index is 2.74. The Kier molecular flexibility index (Phi) is 1.90. The Morgan fingerprint density at radius 1 is 1.43 bits per heavy atom. The van der Waals surface area contributed by atoms with E-state index in [2.05, 4.69) is 3.82 Å². The number of nitro benzene ring substituents is 1. The molecule has 1 unspecified atom stereocenters. The van der Waals surface area contributed by atoms with Crippen molar-refractivity contribution in [1.29, 1.82) is 0 Å². The summed E-state index contributed by atoms with van der Waals surface area (Å²) in [5.74, 6) is -0.747. The van der Waals surface area contributed by atoms with Gasteiger partial charge in [0.1, 0.15) is 0 Å². The van der Waals surface area contributed by atoms with Crippen molar-refractivity contribution in [3.8, 4) is 0 Å². The van der Waals surface area contributed by atoms with E-state index in [9.17, 15) is 18.7 Å². The molecule has 0 bridgehead atoms.